The highest BCUT2D eigenvalue weighted by Crippen LogP contribution is 2.21. The summed E-state index contributed by atoms with van der Waals surface area (Å²) in [5, 5.41) is 0. The van der Waals surface area contributed by atoms with Gasteiger partial charge in [-0.05, 0) is 31.0 Å². The Kier molecular flexibility index (Phi) is 2.97. The van der Waals surface area contributed by atoms with Gasteiger partial charge in [-0.2, -0.15) is 0 Å². The zero-order valence-corrected chi connectivity index (χ0v) is 7.63. The molecule has 0 saturated heterocycles. The Labute approximate surface area is 73.3 Å². The summed E-state index contributed by atoms with van der Waals surface area (Å²) in [5.41, 5.74) is 7.63. The molecule has 0 unspecified atom stereocenters. The lowest BCUT2D eigenvalue weighted by Crippen LogP contribution is -1.98. The number of hydrogen-bond donors (Lipinski definition) is 1. The molecule has 0 saturated carbocycles. The highest BCUT2D eigenvalue weighted by molar-refractivity contribution is 5.53. The molecule has 0 aliphatic rings. The minimum atomic E-state index is 0.725. The van der Waals surface area contributed by atoms with Crippen LogP contribution in [0.1, 0.15) is 18.9 Å². The van der Waals surface area contributed by atoms with Gasteiger partial charge < -0.3 is 10.5 Å². The van der Waals surface area contributed by atoms with Gasteiger partial charge in [0.2, 0.25) is 0 Å². The number of hydrogen-bond acceptors (Lipinski definition) is 2. The average Bonchev–Trinajstić information content (AvgIpc) is 2.03. The number of ether oxygens (including phenoxy) is 1. The summed E-state index contributed by atoms with van der Waals surface area (Å²) in [7, 11) is 0. The molecule has 0 atom stereocenters. The first-order valence-electron chi connectivity index (χ1n) is 4.23. The second-order valence-corrected chi connectivity index (χ2v) is 2.89. The summed E-state index contributed by atoms with van der Waals surface area (Å²) in [4.78, 5) is 0. The van der Waals surface area contributed by atoms with Gasteiger partial charge in [-0.25, -0.2) is 0 Å². The van der Waals surface area contributed by atoms with Crippen LogP contribution in [-0.4, -0.2) is 6.61 Å². The second-order valence-electron chi connectivity index (χ2n) is 2.89. The number of aryl methyl sites for hydroxylation is 1. The number of nitrogen functional groups attached to an aromatic ring is 1. The normalized spacial score (nSPS) is 9.83. The molecule has 0 aliphatic carbocycles. The van der Waals surface area contributed by atoms with Crippen LogP contribution in [0, 0.1) is 6.92 Å². The predicted molar refractivity (Wildman–Crippen MR) is 51.4 cm³/mol. The van der Waals surface area contributed by atoms with Gasteiger partial charge >= 0.3 is 0 Å². The van der Waals surface area contributed by atoms with Crippen LogP contribution in [0.25, 0.3) is 0 Å². The van der Waals surface area contributed by atoms with Gasteiger partial charge in [-0.3, -0.25) is 0 Å². The van der Waals surface area contributed by atoms with E-state index in [4.69, 9.17) is 10.5 Å². The summed E-state index contributed by atoms with van der Waals surface area (Å²) in [6.07, 6.45) is 1.01. The molecule has 0 amide bonds. The molecule has 2 N–H and O–H groups in total. The molecule has 12 heavy (non-hydrogen) atoms. The topological polar surface area (TPSA) is 35.2 Å². The van der Waals surface area contributed by atoms with Gasteiger partial charge in [-0.1, -0.05) is 13.0 Å². The van der Waals surface area contributed by atoms with E-state index in [1.165, 1.54) is 0 Å². The second kappa shape index (κ2) is 4.00. The van der Waals surface area contributed by atoms with Crippen LogP contribution >= 0.6 is 0 Å². The Balaban J connectivity index is 2.72. The van der Waals surface area contributed by atoms with Crippen LogP contribution in [0.2, 0.25) is 0 Å². The standard InChI is InChI=1S/C10H15NO/c1-3-6-12-10-5-4-8(2)7-9(10)11/h4-5,7H,3,6,11H2,1-2H3. The molecule has 0 spiro atoms. The fourth-order valence-electron chi connectivity index (χ4n) is 1.01. The lowest BCUT2D eigenvalue weighted by atomic mass is 10.2. The van der Waals surface area contributed by atoms with Crippen molar-refractivity contribution in [1.29, 1.82) is 0 Å². The molecule has 2 nitrogen and oxygen atoms in total. The number of rotatable bonds is 3. The van der Waals surface area contributed by atoms with E-state index in [2.05, 4.69) is 6.92 Å². The lowest BCUT2D eigenvalue weighted by molar-refractivity contribution is 0.319. The highest BCUT2D eigenvalue weighted by Gasteiger charge is 1.98. The molecule has 66 valence electrons. The molecule has 0 fully saturated rings. The average molecular weight is 165 g/mol. The fraction of sp³-hybridized carbons (Fsp3) is 0.400. The van der Waals surface area contributed by atoms with Gasteiger partial charge in [0.1, 0.15) is 5.75 Å². The molecule has 0 bridgehead atoms. The fourth-order valence-corrected chi connectivity index (χ4v) is 1.01. The molecule has 0 radical (unpaired) electrons. The summed E-state index contributed by atoms with van der Waals surface area (Å²) < 4.78 is 5.42. The van der Waals surface area contributed by atoms with Crippen LogP contribution in [0.4, 0.5) is 5.69 Å². The summed E-state index contributed by atoms with van der Waals surface area (Å²) >= 11 is 0. The SMILES string of the molecule is CCCOc1ccc(C)cc1N. The Morgan fingerprint density at radius 1 is 1.42 bits per heavy atom. The van der Waals surface area contributed by atoms with Crippen molar-refractivity contribution in [1.82, 2.24) is 0 Å². The Morgan fingerprint density at radius 2 is 2.17 bits per heavy atom. The molecule has 0 heterocycles. The van der Waals surface area contributed by atoms with Crippen molar-refractivity contribution >= 4 is 5.69 Å². The van der Waals surface area contributed by atoms with Crippen LogP contribution < -0.4 is 10.5 Å². The molecule has 1 rings (SSSR count). The zero-order valence-electron chi connectivity index (χ0n) is 7.63. The maximum absolute atomic E-state index is 5.74. The van der Waals surface area contributed by atoms with Crippen LogP contribution in [0.15, 0.2) is 18.2 Å². The van der Waals surface area contributed by atoms with E-state index < -0.39 is 0 Å². The van der Waals surface area contributed by atoms with Crippen molar-refractivity contribution in [2.24, 2.45) is 0 Å². The Hall–Kier alpha value is -1.18. The van der Waals surface area contributed by atoms with Crippen LogP contribution in [0.5, 0.6) is 5.75 Å². The molecule has 0 aromatic heterocycles. The van der Waals surface area contributed by atoms with E-state index in [1.54, 1.807) is 0 Å². The summed E-state index contributed by atoms with van der Waals surface area (Å²) in [6, 6.07) is 5.84. The van der Waals surface area contributed by atoms with Crippen molar-refractivity contribution in [3.05, 3.63) is 23.8 Å². The van der Waals surface area contributed by atoms with Crippen molar-refractivity contribution in [2.45, 2.75) is 20.3 Å². The summed E-state index contributed by atoms with van der Waals surface area (Å²) in [5.74, 6) is 0.794. The maximum Gasteiger partial charge on any atom is 0.142 e. The van der Waals surface area contributed by atoms with Gasteiger partial charge in [0.05, 0.1) is 12.3 Å². The summed E-state index contributed by atoms with van der Waals surface area (Å²) in [6.45, 7) is 4.82. The van der Waals surface area contributed by atoms with E-state index in [-0.39, 0.29) is 0 Å². The molecule has 1 aromatic carbocycles. The van der Waals surface area contributed by atoms with Gasteiger partial charge in [-0.15, -0.1) is 0 Å². The minimum absolute atomic E-state index is 0.725. The molecule has 0 aliphatic heterocycles. The Morgan fingerprint density at radius 3 is 2.75 bits per heavy atom. The smallest absolute Gasteiger partial charge is 0.142 e. The van der Waals surface area contributed by atoms with Crippen molar-refractivity contribution in [3.8, 4) is 5.75 Å². The Bertz CT molecular complexity index is 258. The third-order valence-corrected chi connectivity index (χ3v) is 1.63. The zero-order chi connectivity index (χ0) is 8.97. The quantitative estimate of drug-likeness (QED) is 0.698. The molecule has 1 aromatic rings. The third-order valence-electron chi connectivity index (χ3n) is 1.63. The highest BCUT2D eigenvalue weighted by atomic mass is 16.5. The molecule has 2 heteroatoms. The van der Waals surface area contributed by atoms with Gasteiger partial charge in [0.25, 0.3) is 0 Å². The predicted octanol–water partition coefficient (Wildman–Crippen LogP) is 2.37. The van der Waals surface area contributed by atoms with Crippen molar-refractivity contribution in [3.63, 3.8) is 0 Å². The molecular formula is C10H15NO. The van der Waals surface area contributed by atoms with Gasteiger partial charge in [0.15, 0.2) is 0 Å². The van der Waals surface area contributed by atoms with Crippen molar-refractivity contribution < 1.29 is 4.74 Å². The first kappa shape index (κ1) is 8.91. The first-order valence-corrected chi connectivity index (χ1v) is 4.23. The van der Waals surface area contributed by atoms with Gasteiger partial charge in [0, 0.05) is 0 Å². The number of nitrogens with two attached hydrogens (primary N) is 1. The van der Waals surface area contributed by atoms with E-state index in [0.29, 0.717) is 0 Å². The number of anilines is 1. The minimum Gasteiger partial charge on any atom is -0.491 e. The molecular weight excluding hydrogens is 150 g/mol. The van der Waals surface area contributed by atoms with E-state index in [1.807, 2.05) is 25.1 Å². The lowest BCUT2D eigenvalue weighted by Gasteiger charge is -2.07. The van der Waals surface area contributed by atoms with E-state index >= 15 is 0 Å². The maximum atomic E-state index is 5.74. The van der Waals surface area contributed by atoms with E-state index in [0.717, 1.165) is 30.0 Å². The third kappa shape index (κ3) is 2.16. The monoisotopic (exact) mass is 165 g/mol. The number of benzene rings is 1. The van der Waals surface area contributed by atoms with Crippen LogP contribution in [-0.2, 0) is 0 Å². The first-order chi connectivity index (χ1) is 5.74. The van der Waals surface area contributed by atoms with E-state index in [9.17, 15) is 0 Å². The van der Waals surface area contributed by atoms with Crippen molar-refractivity contribution in [2.75, 3.05) is 12.3 Å². The largest absolute Gasteiger partial charge is 0.491 e. The van der Waals surface area contributed by atoms with Crippen LogP contribution in [0.3, 0.4) is 0 Å².